The predicted molar refractivity (Wildman–Crippen MR) is 183 cm³/mol. The van der Waals surface area contributed by atoms with E-state index in [1.807, 2.05) is 17.0 Å². The number of hydrogen-bond donors (Lipinski definition) is 3. The molecule has 4 amide bonds. The number of ether oxygens (including phenoxy) is 2. The number of anilines is 3. The van der Waals surface area contributed by atoms with Gasteiger partial charge in [0.05, 0.1) is 18.3 Å². The second-order valence-corrected chi connectivity index (χ2v) is 12.7. The smallest absolute Gasteiger partial charge is 0.293 e. The van der Waals surface area contributed by atoms with Crippen LogP contribution in [0.3, 0.4) is 0 Å². The van der Waals surface area contributed by atoms with Gasteiger partial charge in [0.15, 0.2) is 18.2 Å². The lowest BCUT2D eigenvalue weighted by Gasteiger charge is -2.29. The number of halogens is 1. The summed E-state index contributed by atoms with van der Waals surface area (Å²) in [5.41, 5.74) is 2.27. The SMILES string of the molecule is CNC(=O)COc1cc2cc(Nc3nc(N4CC[C@@H](Oc5ccc6c(c5)CN(C5CCC(=O)NC5=O)C6=O)C4)ncc3Cl)ccc2n(C)c1=O. The van der Waals surface area contributed by atoms with Gasteiger partial charge in [0.1, 0.15) is 22.9 Å². The molecule has 50 heavy (non-hydrogen) atoms. The highest BCUT2D eigenvalue weighted by atomic mass is 35.5. The maximum Gasteiger partial charge on any atom is 0.293 e. The molecule has 7 rings (SSSR count). The Labute approximate surface area is 290 Å². The Balaban J connectivity index is 1.02. The van der Waals surface area contributed by atoms with Crippen LogP contribution in [0.2, 0.25) is 5.02 Å². The highest BCUT2D eigenvalue weighted by Crippen LogP contribution is 2.32. The van der Waals surface area contributed by atoms with Gasteiger partial charge >= 0.3 is 0 Å². The van der Waals surface area contributed by atoms with Crippen molar-refractivity contribution in [1.82, 2.24) is 30.1 Å². The number of fused-ring (bicyclic) bond motifs is 2. The van der Waals surface area contributed by atoms with Crippen LogP contribution in [0.1, 0.15) is 35.2 Å². The Hall–Kier alpha value is -5.70. The summed E-state index contributed by atoms with van der Waals surface area (Å²) in [6.45, 7) is 1.14. The molecule has 2 aromatic heterocycles. The largest absolute Gasteiger partial charge is 0.489 e. The molecule has 0 saturated carbocycles. The number of amides is 4. The van der Waals surface area contributed by atoms with Crippen LogP contribution in [0.5, 0.6) is 11.5 Å². The van der Waals surface area contributed by atoms with E-state index < -0.39 is 11.9 Å². The third kappa shape index (κ3) is 6.39. The molecule has 2 aromatic carbocycles. The minimum absolute atomic E-state index is 0.0523. The average molecular weight is 701 g/mol. The highest BCUT2D eigenvalue weighted by molar-refractivity contribution is 6.33. The first-order valence-electron chi connectivity index (χ1n) is 16.0. The van der Waals surface area contributed by atoms with E-state index in [1.165, 1.54) is 22.7 Å². The quantitative estimate of drug-likeness (QED) is 0.218. The number of nitrogens with zero attached hydrogens (tertiary/aromatic N) is 5. The van der Waals surface area contributed by atoms with Crippen LogP contribution in [-0.2, 0) is 28.0 Å². The number of nitrogens with one attached hydrogen (secondary N) is 3. The van der Waals surface area contributed by atoms with Gasteiger partial charge < -0.3 is 34.5 Å². The van der Waals surface area contributed by atoms with Gasteiger partial charge in [-0.3, -0.25) is 29.3 Å². The third-order valence-corrected chi connectivity index (χ3v) is 9.32. The zero-order chi connectivity index (χ0) is 35.1. The fourth-order valence-corrected chi connectivity index (χ4v) is 6.55. The van der Waals surface area contributed by atoms with E-state index in [9.17, 15) is 24.0 Å². The van der Waals surface area contributed by atoms with Crippen molar-refractivity contribution >= 4 is 63.6 Å². The molecule has 2 atom stereocenters. The average Bonchev–Trinajstić information content (AvgIpc) is 3.70. The number of carbonyl (C=O) groups is 4. The van der Waals surface area contributed by atoms with Crippen molar-refractivity contribution in [2.45, 2.75) is 38.0 Å². The first kappa shape index (κ1) is 32.8. The molecular weight excluding hydrogens is 668 g/mol. The Morgan fingerprint density at radius 2 is 1.94 bits per heavy atom. The molecule has 3 aliphatic rings. The van der Waals surface area contributed by atoms with E-state index in [0.29, 0.717) is 70.6 Å². The predicted octanol–water partition coefficient (Wildman–Crippen LogP) is 2.27. The number of hydrogen-bond acceptors (Lipinski definition) is 11. The molecule has 5 heterocycles. The highest BCUT2D eigenvalue weighted by Gasteiger charge is 2.39. The van der Waals surface area contributed by atoms with Gasteiger partial charge in [0, 0.05) is 56.7 Å². The molecular formula is C34H33ClN8O7. The van der Waals surface area contributed by atoms with Crippen LogP contribution in [-0.4, -0.2) is 82.0 Å². The first-order chi connectivity index (χ1) is 24.1. The number of aryl methyl sites for hydroxylation is 1. The number of benzene rings is 2. The van der Waals surface area contributed by atoms with Crippen molar-refractivity contribution in [3.8, 4) is 11.5 Å². The monoisotopic (exact) mass is 700 g/mol. The molecule has 3 N–H and O–H groups in total. The van der Waals surface area contributed by atoms with E-state index in [4.69, 9.17) is 26.1 Å². The summed E-state index contributed by atoms with van der Waals surface area (Å²) >= 11 is 6.50. The number of rotatable bonds is 9. The van der Waals surface area contributed by atoms with E-state index in [1.54, 1.807) is 37.4 Å². The van der Waals surface area contributed by atoms with Crippen LogP contribution >= 0.6 is 11.6 Å². The molecule has 16 heteroatoms. The van der Waals surface area contributed by atoms with Gasteiger partial charge in [-0.1, -0.05) is 11.6 Å². The molecule has 258 valence electrons. The molecule has 4 aromatic rings. The summed E-state index contributed by atoms with van der Waals surface area (Å²) in [6.07, 6.45) is 2.57. The van der Waals surface area contributed by atoms with E-state index in [-0.39, 0.29) is 54.7 Å². The Kier molecular flexibility index (Phi) is 8.74. The zero-order valence-electron chi connectivity index (χ0n) is 27.2. The number of imide groups is 1. The van der Waals surface area contributed by atoms with Gasteiger partial charge in [-0.15, -0.1) is 0 Å². The molecule has 0 radical (unpaired) electrons. The summed E-state index contributed by atoms with van der Waals surface area (Å²) in [4.78, 5) is 74.1. The van der Waals surface area contributed by atoms with Crippen LogP contribution in [0, 0.1) is 0 Å². The molecule has 0 spiro atoms. The second kappa shape index (κ2) is 13.3. The Morgan fingerprint density at radius 1 is 1.10 bits per heavy atom. The second-order valence-electron chi connectivity index (χ2n) is 12.3. The van der Waals surface area contributed by atoms with Crippen molar-refractivity contribution in [3.05, 3.63) is 75.2 Å². The van der Waals surface area contributed by atoms with Crippen LogP contribution in [0.4, 0.5) is 17.5 Å². The maximum absolute atomic E-state index is 13.1. The van der Waals surface area contributed by atoms with Crippen molar-refractivity contribution in [1.29, 1.82) is 0 Å². The summed E-state index contributed by atoms with van der Waals surface area (Å²) in [5, 5.41) is 9.05. The lowest BCUT2D eigenvalue weighted by molar-refractivity contribution is -0.137. The Bertz CT molecular complexity index is 2120. The lowest BCUT2D eigenvalue weighted by Crippen LogP contribution is -2.52. The number of aromatic nitrogens is 3. The van der Waals surface area contributed by atoms with Gasteiger partial charge in [-0.05, 0) is 54.4 Å². The Morgan fingerprint density at radius 3 is 2.74 bits per heavy atom. The van der Waals surface area contributed by atoms with Gasteiger partial charge in [-0.2, -0.15) is 4.98 Å². The number of pyridine rings is 1. The normalized spacial score (nSPS) is 18.7. The third-order valence-electron chi connectivity index (χ3n) is 9.05. The summed E-state index contributed by atoms with van der Waals surface area (Å²) in [7, 11) is 3.12. The van der Waals surface area contributed by atoms with E-state index in [2.05, 4.69) is 20.9 Å². The van der Waals surface area contributed by atoms with E-state index in [0.717, 1.165) is 5.56 Å². The van der Waals surface area contributed by atoms with Crippen molar-refractivity contribution in [2.75, 3.05) is 37.0 Å². The minimum atomic E-state index is -0.677. The molecule has 15 nitrogen and oxygen atoms in total. The molecule has 3 aliphatic heterocycles. The van der Waals surface area contributed by atoms with Crippen molar-refractivity contribution in [2.24, 2.45) is 7.05 Å². The first-order valence-corrected chi connectivity index (χ1v) is 16.4. The van der Waals surface area contributed by atoms with Crippen molar-refractivity contribution < 1.29 is 28.7 Å². The van der Waals surface area contributed by atoms with Crippen LogP contribution in [0.25, 0.3) is 10.9 Å². The molecule has 0 aliphatic carbocycles. The lowest BCUT2D eigenvalue weighted by atomic mass is 10.0. The molecule has 2 fully saturated rings. The topological polar surface area (TPSA) is 177 Å². The van der Waals surface area contributed by atoms with Gasteiger partial charge in [0.25, 0.3) is 17.4 Å². The maximum atomic E-state index is 13.1. The number of carbonyl (C=O) groups excluding carboxylic acids is 4. The van der Waals surface area contributed by atoms with Crippen molar-refractivity contribution in [3.63, 3.8) is 0 Å². The summed E-state index contributed by atoms with van der Waals surface area (Å²) < 4.78 is 13.2. The van der Waals surface area contributed by atoms with E-state index >= 15 is 0 Å². The van der Waals surface area contributed by atoms with Gasteiger partial charge in [0.2, 0.25) is 17.8 Å². The number of piperidine rings is 1. The minimum Gasteiger partial charge on any atom is -0.489 e. The van der Waals surface area contributed by atoms with Gasteiger partial charge in [-0.25, -0.2) is 4.98 Å². The zero-order valence-corrected chi connectivity index (χ0v) is 28.0. The van der Waals surface area contributed by atoms with Crippen LogP contribution in [0.15, 0.2) is 53.5 Å². The standard InChI is InChI=1S/C34H33ClN8O7/c1-36-29(45)17-49-27-13-18-11-20(3-6-25(18)41(2)33(27)48)38-30-24(35)14-37-34(40-30)42-10-9-22(16-42)50-21-4-5-23-19(12-21)15-43(32(23)47)26-7-8-28(44)39-31(26)46/h3-6,11-14,22,26H,7-10,15-17H2,1-2H3,(H,36,45)(H,37,38,40)(H,39,44,46)/t22-,26?/m1/s1. The molecule has 0 bridgehead atoms. The van der Waals surface area contributed by atoms with Crippen LogP contribution < -0.4 is 35.9 Å². The molecule has 1 unspecified atom stereocenters. The number of likely N-dealkylation sites (N-methyl/N-ethyl adjacent to an activating group) is 1. The molecule has 2 saturated heterocycles. The summed E-state index contributed by atoms with van der Waals surface area (Å²) in [6, 6.07) is 11.7. The summed E-state index contributed by atoms with van der Waals surface area (Å²) in [5.74, 6) is 0.172. The fourth-order valence-electron chi connectivity index (χ4n) is 6.41. The fraction of sp³-hybridized carbons (Fsp3) is 0.324.